The summed E-state index contributed by atoms with van der Waals surface area (Å²) in [6.45, 7) is 2.49. The molecule has 5 nitrogen and oxygen atoms in total. The van der Waals surface area contributed by atoms with Crippen LogP contribution in [0.15, 0.2) is 0 Å². The van der Waals surface area contributed by atoms with Gasteiger partial charge in [0, 0.05) is 0 Å². The molecule has 0 bridgehead atoms. The first-order chi connectivity index (χ1) is 4.91. The van der Waals surface area contributed by atoms with E-state index in [9.17, 15) is 4.79 Å². The molecule has 0 aliphatic carbocycles. The molecule has 0 aliphatic heterocycles. The summed E-state index contributed by atoms with van der Waals surface area (Å²) in [5.74, 6) is -0.630. The fourth-order valence-corrected chi connectivity index (χ4v) is 0. The molecule has 0 spiro atoms. The van der Waals surface area contributed by atoms with Crippen molar-refractivity contribution >= 4 is 5.78 Å². The Bertz CT molecular complexity index is 99.1. The Morgan fingerprint density at radius 2 is 1.55 bits per heavy atom. The van der Waals surface area contributed by atoms with Gasteiger partial charge in [0.25, 0.3) is 0 Å². The topological polar surface area (TPSA) is 98.0 Å². The SMILES string of the molecule is CC(=O)C(O)O.CC(O)CO. The highest BCUT2D eigenvalue weighted by Gasteiger charge is 1.99. The number of ketones is 1. The quantitative estimate of drug-likeness (QED) is 0.364. The lowest BCUT2D eigenvalue weighted by molar-refractivity contribution is -0.142. The maximum absolute atomic E-state index is 9.64. The Kier molecular flexibility index (Phi) is 9.09. The normalized spacial score (nSPS) is 11.9. The number of carbonyl (C=O) groups excluding carboxylic acids is 1. The van der Waals surface area contributed by atoms with E-state index in [4.69, 9.17) is 20.4 Å². The Morgan fingerprint density at radius 3 is 1.55 bits per heavy atom. The second kappa shape index (κ2) is 7.62. The van der Waals surface area contributed by atoms with Crippen LogP contribution >= 0.6 is 0 Å². The minimum Gasteiger partial charge on any atom is -0.394 e. The van der Waals surface area contributed by atoms with Crippen molar-refractivity contribution in [1.82, 2.24) is 0 Å². The first kappa shape index (κ1) is 13.1. The van der Waals surface area contributed by atoms with Crippen molar-refractivity contribution in [2.75, 3.05) is 6.61 Å². The number of hydrogen-bond acceptors (Lipinski definition) is 5. The molecule has 0 aromatic carbocycles. The van der Waals surface area contributed by atoms with E-state index in [-0.39, 0.29) is 6.61 Å². The summed E-state index contributed by atoms with van der Waals surface area (Å²) in [5, 5.41) is 31.7. The van der Waals surface area contributed by atoms with Crippen molar-refractivity contribution in [3.8, 4) is 0 Å². The van der Waals surface area contributed by atoms with Crippen LogP contribution in [0, 0.1) is 0 Å². The fourth-order valence-electron chi connectivity index (χ4n) is 0. The molecule has 0 fully saturated rings. The molecule has 0 aromatic rings. The number of aliphatic hydroxyl groups excluding tert-OH is 3. The molecule has 0 rings (SSSR count). The molecule has 0 radical (unpaired) electrons. The van der Waals surface area contributed by atoms with Gasteiger partial charge in [0.15, 0.2) is 5.78 Å². The van der Waals surface area contributed by atoms with Gasteiger partial charge in [0.2, 0.25) is 6.29 Å². The molecule has 0 aromatic heterocycles. The number of carbonyl (C=O) groups is 1. The van der Waals surface area contributed by atoms with Crippen molar-refractivity contribution in [2.45, 2.75) is 26.2 Å². The van der Waals surface area contributed by atoms with E-state index < -0.39 is 18.2 Å². The van der Waals surface area contributed by atoms with E-state index in [1.165, 1.54) is 6.92 Å². The third-order valence-electron chi connectivity index (χ3n) is 0.628. The zero-order valence-electron chi connectivity index (χ0n) is 6.56. The highest BCUT2D eigenvalue weighted by atomic mass is 16.5. The predicted molar refractivity (Wildman–Crippen MR) is 37.7 cm³/mol. The van der Waals surface area contributed by atoms with Gasteiger partial charge in [-0.25, -0.2) is 0 Å². The van der Waals surface area contributed by atoms with Gasteiger partial charge in [-0.15, -0.1) is 0 Å². The lowest BCUT2D eigenvalue weighted by atomic mass is 10.4. The van der Waals surface area contributed by atoms with Crippen LogP contribution in [0.1, 0.15) is 13.8 Å². The van der Waals surface area contributed by atoms with E-state index in [1.54, 1.807) is 0 Å². The fraction of sp³-hybridized carbons (Fsp3) is 0.833. The molecule has 68 valence electrons. The second-order valence-electron chi connectivity index (χ2n) is 2.02. The highest BCUT2D eigenvalue weighted by molar-refractivity contribution is 5.78. The number of rotatable bonds is 2. The zero-order valence-corrected chi connectivity index (χ0v) is 6.56. The summed E-state index contributed by atoms with van der Waals surface area (Å²) in [5.41, 5.74) is 0. The first-order valence-corrected chi connectivity index (χ1v) is 3.07. The lowest BCUT2D eigenvalue weighted by Gasteiger charge is -1.90. The summed E-state index contributed by atoms with van der Waals surface area (Å²) < 4.78 is 0. The van der Waals surface area contributed by atoms with Crippen molar-refractivity contribution in [3.05, 3.63) is 0 Å². The maximum Gasteiger partial charge on any atom is 0.212 e. The van der Waals surface area contributed by atoms with Gasteiger partial charge in [-0.2, -0.15) is 0 Å². The van der Waals surface area contributed by atoms with Crippen molar-refractivity contribution in [3.63, 3.8) is 0 Å². The average Bonchev–Trinajstić information content (AvgIpc) is 1.89. The summed E-state index contributed by atoms with van der Waals surface area (Å²) in [7, 11) is 0. The van der Waals surface area contributed by atoms with E-state index in [0.29, 0.717) is 0 Å². The Balaban J connectivity index is 0. The summed E-state index contributed by atoms with van der Waals surface area (Å²) in [6.07, 6.45) is -2.35. The minimum absolute atomic E-state index is 0.139. The Morgan fingerprint density at radius 1 is 1.36 bits per heavy atom. The Hall–Kier alpha value is -0.490. The van der Waals surface area contributed by atoms with Crippen LogP contribution in [0.25, 0.3) is 0 Å². The van der Waals surface area contributed by atoms with Gasteiger partial charge in [-0.05, 0) is 13.8 Å². The van der Waals surface area contributed by atoms with Gasteiger partial charge in [0.05, 0.1) is 12.7 Å². The monoisotopic (exact) mass is 166 g/mol. The second-order valence-corrected chi connectivity index (χ2v) is 2.02. The Labute approximate surface area is 64.9 Å². The molecule has 1 unspecified atom stereocenters. The van der Waals surface area contributed by atoms with Crippen LogP contribution in [-0.2, 0) is 4.79 Å². The molecule has 0 saturated carbocycles. The zero-order chi connectivity index (χ0) is 9.44. The largest absolute Gasteiger partial charge is 0.394 e. The standard InChI is InChI=1S/C3H6O3.C3H8O2/c1-2(4)3(5)6;1-3(5)2-4/h3,5-6H,1H3;3-5H,2H2,1H3. The van der Waals surface area contributed by atoms with Gasteiger partial charge >= 0.3 is 0 Å². The average molecular weight is 166 g/mol. The third kappa shape index (κ3) is 17.7. The minimum atomic E-state index is -1.79. The first-order valence-electron chi connectivity index (χ1n) is 3.07. The molecule has 4 N–H and O–H groups in total. The van der Waals surface area contributed by atoms with E-state index in [1.807, 2.05) is 0 Å². The van der Waals surface area contributed by atoms with Crippen LogP contribution in [0.2, 0.25) is 0 Å². The van der Waals surface area contributed by atoms with Gasteiger partial charge in [-0.3, -0.25) is 4.79 Å². The smallest absolute Gasteiger partial charge is 0.212 e. The van der Waals surface area contributed by atoms with Crippen LogP contribution in [0.4, 0.5) is 0 Å². The number of Topliss-reactive ketones (excluding diaryl/α,β-unsaturated/α-hetero) is 1. The maximum atomic E-state index is 9.64. The van der Waals surface area contributed by atoms with Crippen LogP contribution in [0.3, 0.4) is 0 Å². The molecule has 0 aliphatic rings. The molecule has 0 amide bonds. The van der Waals surface area contributed by atoms with Crippen LogP contribution < -0.4 is 0 Å². The van der Waals surface area contributed by atoms with Crippen molar-refractivity contribution < 1.29 is 25.2 Å². The number of aliphatic hydroxyl groups is 4. The van der Waals surface area contributed by atoms with Crippen molar-refractivity contribution in [1.29, 1.82) is 0 Å². The molecular formula is C6H14O5. The van der Waals surface area contributed by atoms with Gasteiger partial charge in [0.1, 0.15) is 0 Å². The molecule has 1 atom stereocenters. The van der Waals surface area contributed by atoms with Crippen LogP contribution in [-0.4, -0.2) is 45.2 Å². The summed E-state index contributed by atoms with van der Waals surface area (Å²) in [6, 6.07) is 0. The summed E-state index contributed by atoms with van der Waals surface area (Å²) in [4.78, 5) is 9.64. The lowest BCUT2D eigenvalue weighted by Crippen LogP contribution is -2.14. The van der Waals surface area contributed by atoms with E-state index >= 15 is 0 Å². The predicted octanol–water partition coefficient (Wildman–Crippen LogP) is -1.75. The van der Waals surface area contributed by atoms with Gasteiger partial charge in [-0.1, -0.05) is 0 Å². The van der Waals surface area contributed by atoms with Crippen LogP contribution in [0.5, 0.6) is 0 Å². The molecule has 5 heteroatoms. The van der Waals surface area contributed by atoms with E-state index in [2.05, 4.69) is 0 Å². The number of hydrogen-bond donors (Lipinski definition) is 4. The molecular weight excluding hydrogens is 152 g/mol. The van der Waals surface area contributed by atoms with Gasteiger partial charge < -0.3 is 20.4 Å². The molecule has 11 heavy (non-hydrogen) atoms. The van der Waals surface area contributed by atoms with Crippen molar-refractivity contribution in [2.24, 2.45) is 0 Å². The highest BCUT2D eigenvalue weighted by Crippen LogP contribution is 1.72. The molecule has 0 saturated heterocycles. The third-order valence-corrected chi connectivity index (χ3v) is 0.628. The molecule has 0 heterocycles. The van der Waals surface area contributed by atoms with E-state index in [0.717, 1.165) is 6.92 Å². The summed E-state index contributed by atoms with van der Waals surface area (Å²) >= 11 is 0.